The average molecular weight is 254 g/mol. The second-order valence-electron chi connectivity index (χ2n) is 7.11. The topological polar surface area (TPSA) is 20.7 Å². The van der Waals surface area contributed by atoms with E-state index in [1.54, 1.807) is 0 Å². The van der Waals surface area contributed by atoms with Gasteiger partial charge >= 0.3 is 0 Å². The highest BCUT2D eigenvalue weighted by molar-refractivity contribution is 7.71. The smallest absolute Gasteiger partial charge is 0.177 e. The monoisotopic (exact) mass is 254 g/mol. The summed E-state index contributed by atoms with van der Waals surface area (Å²) >= 11 is 5.39. The number of hydrogen-bond acceptors (Lipinski definition) is 1. The van der Waals surface area contributed by atoms with Crippen LogP contribution in [0.1, 0.15) is 54.2 Å². The highest BCUT2D eigenvalue weighted by atomic mass is 32.1. The molecule has 0 bridgehead atoms. The van der Waals surface area contributed by atoms with E-state index in [4.69, 9.17) is 12.2 Å². The summed E-state index contributed by atoms with van der Waals surface area (Å²) in [5, 5.41) is 0. The van der Waals surface area contributed by atoms with Gasteiger partial charge in [-0.2, -0.15) is 0 Å². The number of rotatable bonds is 2. The van der Waals surface area contributed by atoms with Crippen molar-refractivity contribution >= 4 is 12.2 Å². The summed E-state index contributed by atoms with van der Waals surface area (Å²) in [5.74, 6) is 0.589. The number of aromatic amines is 1. The van der Waals surface area contributed by atoms with Crippen molar-refractivity contribution in [2.24, 2.45) is 11.3 Å². The standard InChI is InChI=1S/C14H26N2S/c1-10(13(2,3)4)9-16-11(14(5,6)7)8-15-12(16)17/h8,10H,9H2,1-7H3,(H,15,17). The molecule has 3 heteroatoms. The SMILES string of the molecule is CC(Cn1c(C(C)(C)C)c[nH]c1=S)C(C)(C)C. The third-order valence-electron chi connectivity index (χ3n) is 3.57. The summed E-state index contributed by atoms with van der Waals surface area (Å²) in [4.78, 5) is 3.18. The van der Waals surface area contributed by atoms with Gasteiger partial charge in [-0.15, -0.1) is 0 Å². The molecule has 0 saturated carbocycles. The van der Waals surface area contributed by atoms with Crippen molar-refractivity contribution in [1.82, 2.24) is 9.55 Å². The van der Waals surface area contributed by atoms with Gasteiger partial charge in [-0.1, -0.05) is 48.5 Å². The fourth-order valence-corrected chi connectivity index (χ4v) is 1.98. The van der Waals surface area contributed by atoms with Crippen LogP contribution in [-0.4, -0.2) is 9.55 Å². The van der Waals surface area contributed by atoms with Gasteiger partial charge in [-0.3, -0.25) is 0 Å². The highest BCUT2D eigenvalue weighted by Gasteiger charge is 2.24. The summed E-state index contributed by atoms with van der Waals surface area (Å²) in [5.41, 5.74) is 1.73. The molecular weight excluding hydrogens is 228 g/mol. The zero-order valence-corrected chi connectivity index (χ0v) is 13.0. The Kier molecular flexibility index (Phi) is 3.92. The molecule has 0 aliphatic carbocycles. The molecule has 0 aromatic carbocycles. The minimum atomic E-state index is 0.130. The highest BCUT2D eigenvalue weighted by Crippen LogP contribution is 2.29. The quantitative estimate of drug-likeness (QED) is 0.769. The van der Waals surface area contributed by atoms with E-state index in [-0.39, 0.29) is 5.41 Å². The predicted octanol–water partition coefficient (Wildman–Crippen LogP) is 4.53. The summed E-state index contributed by atoms with van der Waals surface area (Å²) < 4.78 is 3.09. The molecule has 17 heavy (non-hydrogen) atoms. The number of hydrogen-bond donors (Lipinski definition) is 1. The number of imidazole rings is 1. The van der Waals surface area contributed by atoms with Gasteiger partial charge in [0, 0.05) is 23.9 Å². The fourth-order valence-electron chi connectivity index (χ4n) is 1.75. The van der Waals surface area contributed by atoms with Crippen LogP contribution in [0.4, 0.5) is 0 Å². The molecule has 1 heterocycles. The van der Waals surface area contributed by atoms with Crippen molar-refractivity contribution in [2.45, 2.75) is 60.4 Å². The summed E-state index contributed by atoms with van der Waals surface area (Å²) in [6.07, 6.45) is 2.05. The van der Waals surface area contributed by atoms with Gasteiger partial charge in [0.25, 0.3) is 0 Å². The predicted molar refractivity (Wildman–Crippen MR) is 76.9 cm³/mol. The van der Waals surface area contributed by atoms with Gasteiger partial charge in [0.2, 0.25) is 0 Å². The Morgan fingerprint density at radius 3 is 2.18 bits per heavy atom. The molecule has 1 atom stereocenters. The van der Waals surface area contributed by atoms with E-state index in [0.29, 0.717) is 11.3 Å². The van der Waals surface area contributed by atoms with E-state index in [2.05, 4.69) is 64.2 Å². The van der Waals surface area contributed by atoms with Crippen LogP contribution in [0.3, 0.4) is 0 Å². The Balaban J connectivity index is 3.07. The van der Waals surface area contributed by atoms with Crippen molar-refractivity contribution in [2.75, 3.05) is 0 Å². The second kappa shape index (κ2) is 4.60. The lowest BCUT2D eigenvalue weighted by molar-refractivity contribution is 0.228. The van der Waals surface area contributed by atoms with Gasteiger partial charge in [0.05, 0.1) is 0 Å². The maximum absolute atomic E-state index is 5.39. The van der Waals surface area contributed by atoms with Crippen molar-refractivity contribution in [3.05, 3.63) is 16.7 Å². The van der Waals surface area contributed by atoms with Crippen LogP contribution in [0.25, 0.3) is 0 Å². The average Bonchev–Trinajstić information content (AvgIpc) is 2.45. The van der Waals surface area contributed by atoms with Crippen LogP contribution in [-0.2, 0) is 12.0 Å². The lowest BCUT2D eigenvalue weighted by Crippen LogP contribution is -2.26. The maximum atomic E-state index is 5.39. The van der Waals surface area contributed by atoms with Gasteiger partial charge in [0.1, 0.15) is 0 Å². The van der Waals surface area contributed by atoms with Crippen molar-refractivity contribution < 1.29 is 0 Å². The van der Waals surface area contributed by atoms with Crippen LogP contribution >= 0.6 is 12.2 Å². The molecule has 1 N–H and O–H groups in total. The summed E-state index contributed by atoms with van der Waals surface area (Å²) in [6.45, 7) is 16.8. The van der Waals surface area contributed by atoms with Gasteiger partial charge in [0.15, 0.2) is 4.77 Å². The third-order valence-corrected chi connectivity index (χ3v) is 3.91. The molecule has 0 aliphatic rings. The molecule has 1 rings (SSSR count). The number of H-pyrrole nitrogens is 1. The molecule has 0 amide bonds. The van der Waals surface area contributed by atoms with E-state index >= 15 is 0 Å². The Labute approximate surface area is 110 Å². The first-order valence-electron chi connectivity index (χ1n) is 6.32. The molecule has 1 unspecified atom stereocenters. The third kappa shape index (κ3) is 3.44. The van der Waals surface area contributed by atoms with Crippen LogP contribution in [0.15, 0.2) is 6.20 Å². The van der Waals surface area contributed by atoms with E-state index in [0.717, 1.165) is 11.3 Å². The first-order valence-corrected chi connectivity index (χ1v) is 6.73. The van der Waals surface area contributed by atoms with Crippen LogP contribution in [0, 0.1) is 16.1 Å². The lowest BCUT2D eigenvalue weighted by atomic mass is 9.82. The molecule has 0 aliphatic heterocycles. The Morgan fingerprint density at radius 2 is 1.76 bits per heavy atom. The first kappa shape index (κ1) is 14.5. The minimum absolute atomic E-state index is 0.130. The minimum Gasteiger partial charge on any atom is -0.337 e. The van der Waals surface area contributed by atoms with Gasteiger partial charge in [-0.05, 0) is 23.6 Å². The molecule has 0 spiro atoms. The number of nitrogens with one attached hydrogen (secondary N) is 1. The van der Waals surface area contributed by atoms with Crippen LogP contribution in [0.2, 0.25) is 0 Å². The summed E-state index contributed by atoms with van der Waals surface area (Å²) in [6, 6.07) is 0. The summed E-state index contributed by atoms with van der Waals surface area (Å²) in [7, 11) is 0. The molecule has 0 saturated heterocycles. The molecular formula is C14H26N2S. The number of nitrogens with zero attached hydrogens (tertiary/aromatic N) is 1. The molecule has 0 fully saturated rings. The zero-order valence-electron chi connectivity index (χ0n) is 12.2. The molecule has 1 aromatic rings. The second-order valence-corrected chi connectivity index (χ2v) is 7.49. The van der Waals surface area contributed by atoms with E-state index < -0.39 is 0 Å². The van der Waals surface area contributed by atoms with Crippen molar-refractivity contribution in [1.29, 1.82) is 0 Å². The first-order chi connectivity index (χ1) is 7.53. The number of aromatic nitrogens is 2. The van der Waals surface area contributed by atoms with Gasteiger partial charge in [-0.25, -0.2) is 0 Å². The Bertz CT molecular complexity index is 426. The van der Waals surface area contributed by atoms with Gasteiger partial charge < -0.3 is 9.55 Å². The van der Waals surface area contributed by atoms with Crippen LogP contribution < -0.4 is 0 Å². The van der Waals surface area contributed by atoms with Crippen molar-refractivity contribution in [3.8, 4) is 0 Å². The zero-order chi connectivity index (χ0) is 13.4. The molecule has 2 nitrogen and oxygen atoms in total. The molecule has 1 aromatic heterocycles. The van der Waals surface area contributed by atoms with E-state index in [1.165, 1.54) is 5.69 Å². The van der Waals surface area contributed by atoms with Crippen LogP contribution in [0.5, 0.6) is 0 Å². The largest absolute Gasteiger partial charge is 0.337 e. The normalized spacial score (nSPS) is 15.0. The van der Waals surface area contributed by atoms with E-state index in [9.17, 15) is 0 Å². The Morgan fingerprint density at radius 1 is 1.24 bits per heavy atom. The molecule has 98 valence electrons. The van der Waals surface area contributed by atoms with E-state index in [1.807, 2.05) is 0 Å². The van der Waals surface area contributed by atoms with Crippen molar-refractivity contribution in [3.63, 3.8) is 0 Å². The maximum Gasteiger partial charge on any atom is 0.177 e. The Hall–Kier alpha value is -0.570. The molecule has 0 radical (unpaired) electrons. The lowest BCUT2D eigenvalue weighted by Gasteiger charge is -2.30. The fraction of sp³-hybridized carbons (Fsp3) is 0.786.